The number of thiophene rings is 1. The molecule has 1 saturated heterocycles. The van der Waals surface area contributed by atoms with E-state index in [2.05, 4.69) is 22.9 Å². The molecule has 2 atom stereocenters. The third-order valence-electron chi connectivity index (χ3n) is 4.52. The molecule has 26 heavy (non-hydrogen) atoms. The Hall–Kier alpha value is -1.89. The van der Waals surface area contributed by atoms with Gasteiger partial charge in [0.05, 0.1) is 4.88 Å². The minimum atomic E-state index is -0.0725. The molecule has 2 heterocycles. The molecule has 3 N–H and O–H groups in total. The van der Waals surface area contributed by atoms with Crippen LogP contribution in [0.15, 0.2) is 41.8 Å². The van der Waals surface area contributed by atoms with Crippen molar-refractivity contribution in [2.24, 2.45) is 5.92 Å². The Balaban J connectivity index is 0.00000243. The summed E-state index contributed by atoms with van der Waals surface area (Å²) in [5, 5.41) is 11.2. The Labute approximate surface area is 164 Å². The molecule has 1 aliphatic rings. The second-order valence-corrected chi connectivity index (χ2v) is 7.35. The molecule has 3 rings (SSSR count). The van der Waals surface area contributed by atoms with E-state index in [-0.39, 0.29) is 30.3 Å². The topological polar surface area (TPSA) is 70.2 Å². The summed E-state index contributed by atoms with van der Waals surface area (Å²) in [5.41, 5.74) is 1.62. The fraction of sp³-hybridized carbons (Fsp3) is 0.368. The van der Waals surface area contributed by atoms with Gasteiger partial charge < -0.3 is 16.0 Å². The Morgan fingerprint density at radius 3 is 2.62 bits per heavy atom. The number of rotatable bonds is 5. The van der Waals surface area contributed by atoms with Crippen LogP contribution in [0, 0.1) is 5.92 Å². The fourth-order valence-electron chi connectivity index (χ4n) is 2.93. The summed E-state index contributed by atoms with van der Waals surface area (Å²) in [6.45, 7) is 4.48. The van der Waals surface area contributed by atoms with Crippen LogP contribution in [0.25, 0.3) is 0 Å². The molecule has 1 fully saturated rings. The smallest absolute Gasteiger partial charge is 0.261 e. The van der Waals surface area contributed by atoms with E-state index in [1.54, 1.807) is 6.07 Å². The van der Waals surface area contributed by atoms with E-state index in [9.17, 15) is 9.59 Å². The zero-order valence-electron chi connectivity index (χ0n) is 14.7. The number of hydrogen-bond acceptors (Lipinski definition) is 4. The van der Waals surface area contributed by atoms with Crippen molar-refractivity contribution in [1.82, 2.24) is 16.0 Å². The van der Waals surface area contributed by atoms with Gasteiger partial charge in [0.2, 0.25) is 0 Å². The van der Waals surface area contributed by atoms with Gasteiger partial charge in [0.15, 0.2) is 0 Å². The van der Waals surface area contributed by atoms with E-state index in [0.29, 0.717) is 22.9 Å². The summed E-state index contributed by atoms with van der Waals surface area (Å²) in [7, 11) is 0. The minimum absolute atomic E-state index is 0. The van der Waals surface area contributed by atoms with Gasteiger partial charge in [-0.3, -0.25) is 9.59 Å². The summed E-state index contributed by atoms with van der Waals surface area (Å²) in [4.78, 5) is 25.0. The maximum atomic E-state index is 12.4. The van der Waals surface area contributed by atoms with Crippen LogP contribution in [-0.4, -0.2) is 30.9 Å². The molecule has 0 radical (unpaired) electrons. The van der Waals surface area contributed by atoms with Crippen molar-refractivity contribution >= 4 is 35.6 Å². The van der Waals surface area contributed by atoms with E-state index in [1.165, 1.54) is 11.3 Å². The number of amides is 2. The summed E-state index contributed by atoms with van der Waals surface area (Å²) in [6.07, 6.45) is 0.958. The maximum absolute atomic E-state index is 12.4. The molecular weight excluding hydrogens is 370 g/mol. The van der Waals surface area contributed by atoms with E-state index in [4.69, 9.17) is 0 Å². The molecule has 2 aromatic rings. The first-order valence-corrected chi connectivity index (χ1v) is 9.43. The summed E-state index contributed by atoms with van der Waals surface area (Å²) in [6, 6.07) is 11.3. The number of halogens is 1. The van der Waals surface area contributed by atoms with Crippen molar-refractivity contribution in [1.29, 1.82) is 0 Å². The molecule has 2 amide bonds. The normalized spacial score (nSPS) is 19.3. The number of hydrogen-bond donors (Lipinski definition) is 3. The lowest BCUT2D eigenvalue weighted by Crippen LogP contribution is -2.48. The molecule has 0 aliphatic carbocycles. The standard InChI is InChI=1S/C19H23N3O2S.ClH/c1-13-11-20-9-8-16(13)22-18(23)15-6-4-14(5-7-15)12-21-19(24)17-3-2-10-25-17;/h2-7,10,13,16,20H,8-9,11-12H2,1H3,(H,21,24)(H,22,23);1H. The first-order valence-electron chi connectivity index (χ1n) is 8.55. The summed E-state index contributed by atoms with van der Waals surface area (Å²) >= 11 is 1.42. The van der Waals surface area contributed by atoms with Crippen LogP contribution in [0.5, 0.6) is 0 Å². The lowest BCUT2D eigenvalue weighted by Gasteiger charge is -2.30. The van der Waals surface area contributed by atoms with E-state index >= 15 is 0 Å². The van der Waals surface area contributed by atoms with Crippen molar-refractivity contribution < 1.29 is 9.59 Å². The Kier molecular flexibility index (Phi) is 7.63. The predicted molar refractivity (Wildman–Crippen MR) is 107 cm³/mol. The highest BCUT2D eigenvalue weighted by atomic mass is 35.5. The maximum Gasteiger partial charge on any atom is 0.261 e. The molecule has 2 unspecified atom stereocenters. The highest BCUT2D eigenvalue weighted by molar-refractivity contribution is 7.12. The molecule has 7 heteroatoms. The van der Waals surface area contributed by atoms with Crippen LogP contribution in [0.4, 0.5) is 0 Å². The van der Waals surface area contributed by atoms with E-state index in [1.807, 2.05) is 35.7 Å². The van der Waals surface area contributed by atoms with Crippen molar-refractivity contribution in [3.63, 3.8) is 0 Å². The van der Waals surface area contributed by atoms with Crippen LogP contribution >= 0.6 is 23.7 Å². The van der Waals surface area contributed by atoms with Gasteiger partial charge in [0.1, 0.15) is 0 Å². The van der Waals surface area contributed by atoms with Gasteiger partial charge in [-0.15, -0.1) is 23.7 Å². The molecule has 1 aromatic heterocycles. The monoisotopic (exact) mass is 393 g/mol. The average molecular weight is 394 g/mol. The van der Waals surface area contributed by atoms with Crippen LogP contribution in [0.2, 0.25) is 0 Å². The quantitative estimate of drug-likeness (QED) is 0.731. The zero-order valence-corrected chi connectivity index (χ0v) is 16.3. The van der Waals surface area contributed by atoms with Crippen molar-refractivity contribution in [2.45, 2.75) is 25.9 Å². The lowest BCUT2D eigenvalue weighted by molar-refractivity contribution is 0.0912. The number of nitrogens with one attached hydrogen (secondary N) is 3. The third-order valence-corrected chi connectivity index (χ3v) is 5.38. The second-order valence-electron chi connectivity index (χ2n) is 6.41. The highest BCUT2D eigenvalue weighted by Crippen LogP contribution is 2.12. The molecular formula is C19H24ClN3O2S. The summed E-state index contributed by atoms with van der Waals surface area (Å²) < 4.78 is 0. The molecule has 0 spiro atoms. The minimum Gasteiger partial charge on any atom is -0.349 e. The van der Waals surface area contributed by atoms with Crippen molar-refractivity contribution in [2.75, 3.05) is 13.1 Å². The van der Waals surface area contributed by atoms with Crippen LogP contribution in [0.1, 0.15) is 38.9 Å². The van der Waals surface area contributed by atoms with Crippen LogP contribution < -0.4 is 16.0 Å². The van der Waals surface area contributed by atoms with Gasteiger partial charge in [-0.05, 0) is 54.6 Å². The first kappa shape index (κ1) is 20.4. The average Bonchev–Trinajstić information content (AvgIpc) is 3.17. The Bertz CT molecular complexity index is 719. The Morgan fingerprint density at radius 1 is 1.19 bits per heavy atom. The predicted octanol–water partition coefficient (Wildman–Crippen LogP) is 2.83. The number of carbonyl (C=O) groups excluding carboxylic acids is 2. The fourth-order valence-corrected chi connectivity index (χ4v) is 3.57. The van der Waals surface area contributed by atoms with Gasteiger partial charge in [-0.1, -0.05) is 25.1 Å². The molecule has 0 bridgehead atoms. The van der Waals surface area contributed by atoms with Gasteiger partial charge in [0.25, 0.3) is 11.8 Å². The molecule has 1 aliphatic heterocycles. The van der Waals surface area contributed by atoms with Gasteiger partial charge in [-0.2, -0.15) is 0 Å². The number of carbonyl (C=O) groups is 2. The van der Waals surface area contributed by atoms with Gasteiger partial charge in [0, 0.05) is 18.2 Å². The third kappa shape index (κ3) is 5.30. The number of benzene rings is 1. The highest BCUT2D eigenvalue weighted by Gasteiger charge is 2.22. The van der Waals surface area contributed by atoms with E-state index < -0.39 is 0 Å². The van der Waals surface area contributed by atoms with Gasteiger partial charge in [-0.25, -0.2) is 0 Å². The molecule has 1 aromatic carbocycles. The number of piperidine rings is 1. The SMILES string of the molecule is CC1CNCCC1NC(=O)c1ccc(CNC(=O)c2cccs2)cc1.Cl. The second kappa shape index (κ2) is 9.71. The lowest BCUT2D eigenvalue weighted by atomic mass is 9.95. The van der Waals surface area contributed by atoms with Crippen LogP contribution in [-0.2, 0) is 6.54 Å². The van der Waals surface area contributed by atoms with Gasteiger partial charge >= 0.3 is 0 Å². The van der Waals surface area contributed by atoms with E-state index in [0.717, 1.165) is 25.1 Å². The van der Waals surface area contributed by atoms with Crippen LogP contribution in [0.3, 0.4) is 0 Å². The van der Waals surface area contributed by atoms with Crippen molar-refractivity contribution in [3.05, 3.63) is 57.8 Å². The van der Waals surface area contributed by atoms with Crippen molar-refractivity contribution in [3.8, 4) is 0 Å². The molecule has 140 valence electrons. The first-order chi connectivity index (χ1) is 12.1. The largest absolute Gasteiger partial charge is 0.349 e. The molecule has 5 nitrogen and oxygen atoms in total. The summed E-state index contributed by atoms with van der Waals surface area (Å²) in [5.74, 6) is 0.328. The molecule has 0 saturated carbocycles. The Morgan fingerprint density at radius 2 is 1.96 bits per heavy atom. The zero-order chi connectivity index (χ0) is 17.6.